The number of anilines is 2. The first-order valence-electron chi connectivity index (χ1n) is 10.7. The number of benzene rings is 3. The van der Waals surface area contributed by atoms with Crippen molar-refractivity contribution in [3.63, 3.8) is 0 Å². The van der Waals surface area contributed by atoms with Gasteiger partial charge in [0.1, 0.15) is 11.6 Å². The molecule has 4 aromatic rings. The summed E-state index contributed by atoms with van der Waals surface area (Å²) in [6.45, 7) is 0.391. The zero-order chi connectivity index (χ0) is 23.9. The van der Waals surface area contributed by atoms with Crippen molar-refractivity contribution in [3.8, 4) is 17.6 Å². The number of methoxy groups -OCH3 is 2. The summed E-state index contributed by atoms with van der Waals surface area (Å²) >= 11 is 0. The Morgan fingerprint density at radius 3 is 2.47 bits per heavy atom. The number of allylic oxidation sites excluding steroid dienone is 1. The average molecular weight is 458 g/mol. The molecule has 0 radical (unpaired) electrons. The lowest BCUT2D eigenvalue weighted by Crippen LogP contribution is -1.98. The predicted molar refractivity (Wildman–Crippen MR) is 131 cm³/mol. The lowest BCUT2D eigenvalue weighted by Gasteiger charge is -2.11. The number of halogens is 1. The van der Waals surface area contributed by atoms with Crippen LogP contribution in [0.15, 0.2) is 82.9 Å². The number of hydrogen-bond donors (Lipinski definition) is 2. The first-order chi connectivity index (χ1) is 16.6. The lowest BCUT2D eigenvalue weighted by atomic mass is 10.0. The number of nitrogens with one attached hydrogen (secondary N) is 2. The van der Waals surface area contributed by atoms with Gasteiger partial charge in [0.25, 0.3) is 0 Å². The molecule has 2 N–H and O–H groups in total. The highest BCUT2D eigenvalue weighted by Crippen LogP contribution is 2.40. The molecule has 0 saturated heterocycles. The van der Waals surface area contributed by atoms with E-state index in [1.807, 2.05) is 42.5 Å². The van der Waals surface area contributed by atoms with Gasteiger partial charge in [-0.05, 0) is 54.1 Å². The molecular formula is C27H24FN3O3. The van der Waals surface area contributed by atoms with Crippen LogP contribution < -0.4 is 20.1 Å². The number of hydrogen-bond acceptors (Lipinski definition) is 6. The van der Waals surface area contributed by atoms with Gasteiger partial charge >= 0.3 is 0 Å². The number of nitrogens with zero attached hydrogens (tertiary/aromatic N) is 1. The smallest absolute Gasteiger partial charge is 0.204 e. The SMILES string of the molecule is COc1cc(C/C(C#N)=C/Nc2ccccc2)c2cc(CNc3ccc(F)cc3)oc2c1OC. The highest BCUT2D eigenvalue weighted by atomic mass is 19.1. The molecule has 6 nitrogen and oxygen atoms in total. The van der Waals surface area contributed by atoms with Crippen LogP contribution in [-0.4, -0.2) is 14.2 Å². The van der Waals surface area contributed by atoms with Gasteiger partial charge in [0.15, 0.2) is 11.3 Å². The number of fused-ring (bicyclic) bond motifs is 1. The molecule has 0 saturated carbocycles. The van der Waals surface area contributed by atoms with Crippen LogP contribution in [0.3, 0.4) is 0 Å². The van der Waals surface area contributed by atoms with Crippen molar-refractivity contribution >= 4 is 22.3 Å². The highest BCUT2D eigenvalue weighted by Gasteiger charge is 2.19. The van der Waals surface area contributed by atoms with Crippen LogP contribution in [0.1, 0.15) is 11.3 Å². The van der Waals surface area contributed by atoms with Crippen LogP contribution in [0.5, 0.6) is 11.5 Å². The van der Waals surface area contributed by atoms with E-state index in [1.54, 1.807) is 32.6 Å². The van der Waals surface area contributed by atoms with E-state index in [0.717, 1.165) is 22.3 Å². The Hall–Kier alpha value is -4.44. The Bertz CT molecular complexity index is 1340. The Labute approximate surface area is 197 Å². The van der Waals surface area contributed by atoms with Crippen LogP contribution in [0, 0.1) is 17.1 Å². The maximum absolute atomic E-state index is 13.2. The van der Waals surface area contributed by atoms with Crippen molar-refractivity contribution in [2.45, 2.75) is 13.0 Å². The monoisotopic (exact) mass is 457 g/mol. The van der Waals surface area contributed by atoms with E-state index in [-0.39, 0.29) is 5.82 Å². The van der Waals surface area contributed by atoms with Crippen molar-refractivity contribution in [2.75, 3.05) is 24.9 Å². The number of rotatable bonds is 9. The third-order valence-electron chi connectivity index (χ3n) is 5.31. The van der Waals surface area contributed by atoms with Gasteiger partial charge in [0.2, 0.25) is 5.75 Å². The molecule has 0 aliphatic carbocycles. The maximum Gasteiger partial charge on any atom is 0.204 e. The molecule has 172 valence electrons. The zero-order valence-corrected chi connectivity index (χ0v) is 18.9. The highest BCUT2D eigenvalue weighted by molar-refractivity contribution is 5.90. The minimum Gasteiger partial charge on any atom is -0.493 e. The van der Waals surface area contributed by atoms with E-state index < -0.39 is 0 Å². The third kappa shape index (κ3) is 5.13. The standard InChI is InChI=1S/C27H24FN3O3/c1-32-25-13-19(12-18(15-29)16-30-21-6-4-3-5-7-21)24-14-23(34-26(24)27(25)33-2)17-31-22-10-8-20(28)9-11-22/h3-11,13-14,16,30-31H,12,17H2,1-2H3/b18-16-. The van der Waals surface area contributed by atoms with Gasteiger partial charge in [0, 0.05) is 35.0 Å². The van der Waals surface area contributed by atoms with Crippen LogP contribution in [0.25, 0.3) is 11.0 Å². The number of ether oxygens (including phenoxy) is 2. The van der Waals surface area contributed by atoms with E-state index >= 15 is 0 Å². The molecule has 0 atom stereocenters. The molecule has 0 aliphatic rings. The molecule has 4 rings (SSSR count). The fourth-order valence-electron chi connectivity index (χ4n) is 3.63. The molecule has 0 amide bonds. The summed E-state index contributed by atoms with van der Waals surface area (Å²) in [6, 6.07) is 21.8. The molecule has 0 aliphatic heterocycles. The maximum atomic E-state index is 13.2. The first-order valence-corrected chi connectivity index (χ1v) is 10.7. The lowest BCUT2D eigenvalue weighted by molar-refractivity contribution is 0.352. The van der Waals surface area contributed by atoms with E-state index in [9.17, 15) is 9.65 Å². The quantitative estimate of drug-likeness (QED) is 0.289. The second-order valence-corrected chi connectivity index (χ2v) is 7.56. The second kappa shape index (κ2) is 10.5. The second-order valence-electron chi connectivity index (χ2n) is 7.56. The molecule has 34 heavy (non-hydrogen) atoms. The topological polar surface area (TPSA) is 79.5 Å². The van der Waals surface area contributed by atoms with Gasteiger partial charge in [-0.25, -0.2) is 4.39 Å². The van der Waals surface area contributed by atoms with Gasteiger partial charge in [-0.1, -0.05) is 18.2 Å². The fraction of sp³-hybridized carbons (Fsp3) is 0.148. The van der Waals surface area contributed by atoms with Crippen molar-refractivity contribution < 1.29 is 18.3 Å². The van der Waals surface area contributed by atoms with Crippen molar-refractivity contribution in [3.05, 3.63) is 95.6 Å². The summed E-state index contributed by atoms with van der Waals surface area (Å²) in [6.07, 6.45) is 2.08. The summed E-state index contributed by atoms with van der Waals surface area (Å²) in [7, 11) is 3.12. The van der Waals surface area contributed by atoms with E-state index in [2.05, 4.69) is 16.7 Å². The van der Waals surface area contributed by atoms with Gasteiger partial charge in [-0.15, -0.1) is 0 Å². The Morgan fingerprint density at radius 1 is 1.03 bits per heavy atom. The largest absolute Gasteiger partial charge is 0.493 e. The van der Waals surface area contributed by atoms with Crippen LogP contribution in [-0.2, 0) is 13.0 Å². The van der Waals surface area contributed by atoms with Crippen LogP contribution in [0.2, 0.25) is 0 Å². The van der Waals surface area contributed by atoms with E-state index in [0.29, 0.717) is 41.4 Å². The summed E-state index contributed by atoms with van der Waals surface area (Å²) in [4.78, 5) is 0. The normalized spacial score (nSPS) is 11.2. The minimum atomic E-state index is -0.293. The molecular weight excluding hydrogens is 433 g/mol. The van der Waals surface area contributed by atoms with Crippen LogP contribution >= 0.6 is 0 Å². The minimum absolute atomic E-state index is 0.293. The number of para-hydroxylation sites is 1. The molecule has 0 spiro atoms. The van der Waals surface area contributed by atoms with Crippen molar-refractivity contribution in [2.24, 2.45) is 0 Å². The number of furan rings is 1. The summed E-state index contributed by atoms with van der Waals surface area (Å²) in [5, 5.41) is 16.9. The molecule has 0 bridgehead atoms. The predicted octanol–water partition coefficient (Wildman–Crippen LogP) is 6.26. The first kappa shape index (κ1) is 22.7. The van der Waals surface area contributed by atoms with E-state index in [1.165, 1.54) is 12.1 Å². The summed E-state index contributed by atoms with van der Waals surface area (Å²) in [5.41, 5.74) is 3.62. The Morgan fingerprint density at radius 2 is 1.79 bits per heavy atom. The zero-order valence-electron chi connectivity index (χ0n) is 18.9. The van der Waals surface area contributed by atoms with E-state index in [4.69, 9.17) is 13.9 Å². The van der Waals surface area contributed by atoms with Gasteiger partial charge in [-0.2, -0.15) is 5.26 Å². The third-order valence-corrected chi connectivity index (χ3v) is 5.31. The molecule has 3 aromatic carbocycles. The van der Waals surface area contributed by atoms with Gasteiger partial charge in [0.05, 0.1) is 26.8 Å². The summed E-state index contributed by atoms with van der Waals surface area (Å²) in [5.74, 6) is 1.38. The Kier molecular flexibility index (Phi) is 6.99. The van der Waals surface area contributed by atoms with Gasteiger partial charge < -0.3 is 24.5 Å². The van der Waals surface area contributed by atoms with Gasteiger partial charge in [-0.3, -0.25) is 0 Å². The molecule has 0 unspecified atom stereocenters. The van der Waals surface area contributed by atoms with Crippen LogP contribution in [0.4, 0.5) is 15.8 Å². The molecule has 1 heterocycles. The molecule has 7 heteroatoms. The number of nitriles is 1. The van der Waals surface area contributed by atoms with Crippen molar-refractivity contribution in [1.82, 2.24) is 0 Å². The molecule has 0 fully saturated rings. The average Bonchev–Trinajstić information content (AvgIpc) is 3.30. The Balaban J connectivity index is 1.64. The van der Waals surface area contributed by atoms with Crippen molar-refractivity contribution in [1.29, 1.82) is 5.26 Å². The molecule has 1 aromatic heterocycles. The summed E-state index contributed by atoms with van der Waals surface area (Å²) < 4.78 is 30.4. The fourth-order valence-corrected chi connectivity index (χ4v) is 3.63.